The molecular weight excluding hydrogens is 172 g/mol. The van der Waals surface area contributed by atoms with E-state index >= 15 is 0 Å². The molecule has 1 fully saturated rings. The van der Waals surface area contributed by atoms with E-state index in [2.05, 4.69) is 24.1 Å². The first-order chi connectivity index (χ1) is 6.86. The molecular formula is C12H26N2. The molecule has 2 heteroatoms. The molecule has 0 amide bonds. The summed E-state index contributed by atoms with van der Waals surface area (Å²) in [6.07, 6.45) is 5.51. The van der Waals surface area contributed by atoms with Gasteiger partial charge in [0, 0.05) is 0 Å². The van der Waals surface area contributed by atoms with Gasteiger partial charge in [-0.15, -0.1) is 0 Å². The molecule has 14 heavy (non-hydrogen) atoms. The second kappa shape index (κ2) is 7.24. The highest BCUT2D eigenvalue weighted by atomic mass is 15.1. The molecule has 0 aromatic carbocycles. The van der Waals surface area contributed by atoms with Crippen molar-refractivity contribution >= 4 is 0 Å². The van der Waals surface area contributed by atoms with Gasteiger partial charge in [-0.05, 0) is 64.3 Å². The standard InChI is InChI=1S/C12H26N2/c1-3-9-14(4-2)10-5-6-12-7-8-13-11-12/h12-13H,3-11H2,1-2H3. The van der Waals surface area contributed by atoms with E-state index in [-0.39, 0.29) is 0 Å². The molecule has 1 atom stereocenters. The van der Waals surface area contributed by atoms with Crippen molar-refractivity contribution in [1.82, 2.24) is 10.2 Å². The zero-order valence-corrected chi connectivity index (χ0v) is 9.89. The first kappa shape index (κ1) is 12.0. The van der Waals surface area contributed by atoms with Gasteiger partial charge in [0.2, 0.25) is 0 Å². The van der Waals surface area contributed by atoms with Crippen molar-refractivity contribution in [1.29, 1.82) is 0 Å². The van der Waals surface area contributed by atoms with Crippen LogP contribution in [-0.4, -0.2) is 37.6 Å². The summed E-state index contributed by atoms with van der Waals surface area (Å²) in [5.41, 5.74) is 0. The highest BCUT2D eigenvalue weighted by Gasteiger charge is 2.13. The van der Waals surface area contributed by atoms with E-state index < -0.39 is 0 Å². The second-order valence-corrected chi connectivity index (χ2v) is 4.44. The van der Waals surface area contributed by atoms with Crippen LogP contribution in [0.5, 0.6) is 0 Å². The Morgan fingerprint density at radius 1 is 1.29 bits per heavy atom. The minimum atomic E-state index is 0.968. The Labute approximate surface area is 89.1 Å². The van der Waals surface area contributed by atoms with Crippen LogP contribution in [0.2, 0.25) is 0 Å². The van der Waals surface area contributed by atoms with Gasteiger partial charge in [-0.1, -0.05) is 13.8 Å². The number of rotatable bonds is 7. The quantitative estimate of drug-likeness (QED) is 0.674. The summed E-state index contributed by atoms with van der Waals surface area (Å²) in [5, 5.41) is 3.44. The maximum Gasteiger partial charge on any atom is -0.00187 e. The van der Waals surface area contributed by atoms with Crippen LogP contribution in [-0.2, 0) is 0 Å². The van der Waals surface area contributed by atoms with Crippen molar-refractivity contribution in [3.05, 3.63) is 0 Å². The van der Waals surface area contributed by atoms with E-state index in [1.54, 1.807) is 0 Å². The second-order valence-electron chi connectivity index (χ2n) is 4.44. The minimum absolute atomic E-state index is 0.968. The van der Waals surface area contributed by atoms with Crippen molar-refractivity contribution in [3.63, 3.8) is 0 Å². The number of nitrogens with zero attached hydrogens (tertiary/aromatic N) is 1. The maximum atomic E-state index is 3.44. The summed E-state index contributed by atoms with van der Waals surface area (Å²) >= 11 is 0. The lowest BCUT2D eigenvalue weighted by atomic mass is 10.0. The Morgan fingerprint density at radius 2 is 2.14 bits per heavy atom. The maximum absolute atomic E-state index is 3.44. The van der Waals surface area contributed by atoms with Gasteiger partial charge in [-0.2, -0.15) is 0 Å². The number of hydrogen-bond acceptors (Lipinski definition) is 2. The lowest BCUT2D eigenvalue weighted by molar-refractivity contribution is 0.275. The summed E-state index contributed by atoms with van der Waals surface area (Å²) in [5.74, 6) is 0.968. The molecule has 0 spiro atoms. The topological polar surface area (TPSA) is 15.3 Å². The first-order valence-corrected chi connectivity index (χ1v) is 6.29. The first-order valence-electron chi connectivity index (χ1n) is 6.29. The Kier molecular flexibility index (Phi) is 6.20. The van der Waals surface area contributed by atoms with E-state index in [1.807, 2.05) is 0 Å². The lowest BCUT2D eigenvalue weighted by Crippen LogP contribution is -2.25. The molecule has 1 heterocycles. The molecule has 0 aromatic rings. The SMILES string of the molecule is CCCN(CC)CCCC1CCNC1. The fraction of sp³-hybridized carbons (Fsp3) is 1.00. The van der Waals surface area contributed by atoms with Gasteiger partial charge >= 0.3 is 0 Å². The lowest BCUT2D eigenvalue weighted by Gasteiger charge is -2.20. The predicted molar refractivity (Wildman–Crippen MR) is 62.6 cm³/mol. The molecule has 0 bridgehead atoms. The fourth-order valence-corrected chi connectivity index (χ4v) is 2.31. The fourth-order valence-electron chi connectivity index (χ4n) is 2.31. The van der Waals surface area contributed by atoms with Crippen LogP contribution >= 0.6 is 0 Å². The molecule has 0 saturated carbocycles. The third-order valence-electron chi connectivity index (χ3n) is 3.24. The smallest absolute Gasteiger partial charge is 0.00187 e. The summed E-state index contributed by atoms with van der Waals surface area (Å²) < 4.78 is 0. The van der Waals surface area contributed by atoms with E-state index in [0.29, 0.717) is 0 Å². The van der Waals surface area contributed by atoms with Crippen LogP contribution in [0, 0.1) is 5.92 Å². The van der Waals surface area contributed by atoms with E-state index in [9.17, 15) is 0 Å². The molecule has 0 aliphatic carbocycles. The average molecular weight is 198 g/mol. The van der Waals surface area contributed by atoms with Crippen molar-refractivity contribution < 1.29 is 0 Å². The molecule has 1 unspecified atom stereocenters. The highest BCUT2D eigenvalue weighted by molar-refractivity contribution is 4.71. The van der Waals surface area contributed by atoms with Gasteiger partial charge in [0.25, 0.3) is 0 Å². The number of nitrogens with one attached hydrogen (secondary N) is 1. The Balaban J connectivity index is 2.00. The Morgan fingerprint density at radius 3 is 2.71 bits per heavy atom. The van der Waals surface area contributed by atoms with Gasteiger partial charge in [-0.25, -0.2) is 0 Å². The van der Waals surface area contributed by atoms with Crippen molar-refractivity contribution in [3.8, 4) is 0 Å². The van der Waals surface area contributed by atoms with Crippen LogP contribution in [0.15, 0.2) is 0 Å². The zero-order chi connectivity index (χ0) is 10.2. The molecule has 84 valence electrons. The normalized spacial score (nSPS) is 22.1. The summed E-state index contributed by atoms with van der Waals surface area (Å²) in [7, 11) is 0. The van der Waals surface area contributed by atoms with Crippen LogP contribution in [0.4, 0.5) is 0 Å². The van der Waals surface area contributed by atoms with Crippen LogP contribution in [0.25, 0.3) is 0 Å². The molecule has 0 aromatic heterocycles. The Bertz CT molecular complexity index is 130. The van der Waals surface area contributed by atoms with Crippen LogP contribution < -0.4 is 5.32 Å². The predicted octanol–water partition coefficient (Wildman–Crippen LogP) is 2.11. The monoisotopic (exact) mass is 198 g/mol. The largest absolute Gasteiger partial charge is 0.316 e. The summed E-state index contributed by atoms with van der Waals surface area (Å²) in [4.78, 5) is 2.57. The van der Waals surface area contributed by atoms with Crippen molar-refractivity contribution in [2.24, 2.45) is 5.92 Å². The highest BCUT2D eigenvalue weighted by Crippen LogP contribution is 2.14. The van der Waals surface area contributed by atoms with Gasteiger partial charge < -0.3 is 10.2 Å². The van der Waals surface area contributed by atoms with E-state index in [4.69, 9.17) is 0 Å². The third-order valence-corrected chi connectivity index (χ3v) is 3.24. The molecule has 1 aliphatic heterocycles. The van der Waals surface area contributed by atoms with Crippen LogP contribution in [0.1, 0.15) is 39.5 Å². The number of hydrogen-bond donors (Lipinski definition) is 1. The van der Waals surface area contributed by atoms with E-state index in [0.717, 1.165) is 5.92 Å². The molecule has 2 nitrogen and oxygen atoms in total. The minimum Gasteiger partial charge on any atom is -0.316 e. The summed E-state index contributed by atoms with van der Waals surface area (Å²) in [6, 6.07) is 0. The zero-order valence-electron chi connectivity index (χ0n) is 9.89. The average Bonchev–Trinajstić information content (AvgIpc) is 2.69. The molecule has 1 saturated heterocycles. The van der Waals surface area contributed by atoms with Crippen molar-refractivity contribution in [2.75, 3.05) is 32.7 Å². The van der Waals surface area contributed by atoms with Gasteiger partial charge in [0.15, 0.2) is 0 Å². The van der Waals surface area contributed by atoms with Crippen molar-refractivity contribution in [2.45, 2.75) is 39.5 Å². The van der Waals surface area contributed by atoms with Gasteiger partial charge in [0.1, 0.15) is 0 Å². The molecule has 1 N–H and O–H groups in total. The van der Waals surface area contributed by atoms with Gasteiger partial charge in [0.05, 0.1) is 0 Å². The van der Waals surface area contributed by atoms with Crippen LogP contribution in [0.3, 0.4) is 0 Å². The summed E-state index contributed by atoms with van der Waals surface area (Å²) in [6.45, 7) is 10.9. The Hall–Kier alpha value is -0.0800. The molecule has 0 radical (unpaired) electrons. The van der Waals surface area contributed by atoms with Gasteiger partial charge in [-0.3, -0.25) is 0 Å². The third kappa shape index (κ3) is 4.43. The molecule has 1 aliphatic rings. The molecule has 1 rings (SSSR count). The van der Waals surface area contributed by atoms with E-state index in [1.165, 1.54) is 58.4 Å².